The summed E-state index contributed by atoms with van der Waals surface area (Å²) < 4.78 is 1.99. The van der Waals surface area contributed by atoms with Crippen molar-refractivity contribution < 1.29 is 14.4 Å². The molecule has 4 heterocycles. The maximum absolute atomic E-state index is 12.9. The molecule has 0 radical (unpaired) electrons. The van der Waals surface area contributed by atoms with E-state index in [0.717, 1.165) is 33.9 Å². The lowest BCUT2D eigenvalue weighted by Crippen LogP contribution is -2.52. The third-order valence-corrected chi connectivity index (χ3v) is 5.95. The van der Waals surface area contributed by atoms with Crippen molar-refractivity contribution in [1.29, 1.82) is 0 Å². The van der Waals surface area contributed by atoms with E-state index in [1.807, 2.05) is 30.7 Å². The molecule has 2 aliphatic heterocycles. The molecule has 0 spiro atoms. The third kappa shape index (κ3) is 3.09. The number of hydrogen-bond acceptors (Lipinski definition) is 6. The van der Waals surface area contributed by atoms with Gasteiger partial charge in [0.25, 0.3) is 5.91 Å². The number of fused-ring (bicyclic) bond motifs is 1. The number of nitrogens with zero attached hydrogens (tertiary/aromatic N) is 5. The van der Waals surface area contributed by atoms with Crippen molar-refractivity contribution in [2.75, 3.05) is 0 Å². The maximum Gasteiger partial charge on any atom is 0.255 e. The lowest BCUT2D eigenvalue weighted by molar-refractivity contribution is -0.136. The van der Waals surface area contributed by atoms with E-state index >= 15 is 0 Å². The molecule has 1 N–H and O–H groups in total. The van der Waals surface area contributed by atoms with Crippen LogP contribution in [0.4, 0.5) is 0 Å². The first-order valence-corrected chi connectivity index (χ1v) is 10.0. The van der Waals surface area contributed by atoms with Crippen LogP contribution >= 0.6 is 0 Å². The van der Waals surface area contributed by atoms with Crippen LogP contribution in [0.3, 0.4) is 0 Å². The van der Waals surface area contributed by atoms with E-state index in [1.54, 1.807) is 23.4 Å². The van der Waals surface area contributed by atoms with Crippen LogP contribution in [0.5, 0.6) is 0 Å². The Labute approximate surface area is 178 Å². The number of amides is 3. The molecule has 9 nitrogen and oxygen atoms in total. The minimum atomic E-state index is -0.629. The van der Waals surface area contributed by atoms with Gasteiger partial charge in [-0.25, -0.2) is 15.0 Å². The van der Waals surface area contributed by atoms with Crippen molar-refractivity contribution >= 4 is 17.7 Å². The number of imidazole rings is 1. The summed E-state index contributed by atoms with van der Waals surface area (Å²) in [6.07, 6.45) is 5.55. The van der Waals surface area contributed by atoms with Gasteiger partial charge in [-0.05, 0) is 31.0 Å². The highest BCUT2D eigenvalue weighted by Gasteiger charge is 2.39. The Kier molecular flexibility index (Phi) is 4.39. The Hall–Kier alpha value is -3.88. The van der Waals surface area contributed by atoms with E-state index in [2.05, 4.69) is 15.3 Å². The second-order valence-corrected chi connectivity index (χ2v) is 7.81. The summed E-state index contributed by atoms with van der Waals surface area (Å²) in [6, 6.07) is 4.98. The molecule has 1 saturated heterocycles. The number of benzene rings is 1. The van der Waals surface area contributed by atoms with Gasteiger partial charge < -0.3 is 9.47 Å². The molecule has 0 saturated carbocycles. The first-order valence-electron chi connectivity index (χ1n) is 10.0. The van der Waals surface area contributed by atoms with Gasteiger partial charge >= 0.3 is 0 Å². The topological polar surface area (TPSA) is 110 Å². The Morgan fingerprint density at radius 2 is 1.87 bits per heavy atom. The fraction of sp³-hybridized carbons (Fsp3) is 0.273. The predicted molar refractivity (Wildman–Crippen MR) is 110 cm³/mol. The molecule has 0 bridgehead atoms. The van der Waals surface area contributed by atoms with Crippen LogP contribution in [0.2, 0.25) is 0 Å². The zero-order valence-electron chi connectivity index (χ0n) is 17.1. The summed E-state index contributed by atoms with van der Waals surface area (Å²) in [5.74, 6) is -0.0551. The zero-order valence-corrected chi connectivity index (χ0v) is 17.1. The van der Waals surface area contributed by atoms with Crippen LogP contribution in [-0.2, 0) is 23.2 Å². The van der Waals surface area contributed by atoms with Gasteiger partial charge in [-0.1, -0.05) is 6.07 Å². The molecule has 1 atom stereocenters. The molecule has 1 aromatic carbocycles. The molecule has 0 aliphatic carbocycles. The molecular formula is C22H20N6O3. The number of aryl methyl sites for hydroxylation is 1. The number of hydrogen-bond donors (Lipinski definition) is 1. The smallest absolute Gasteiger partial charge is 0.255 e. The largest absolute Gasteiger partial charge is 0.331 e. The molecule has 5 rings (SSSR count). The highest BCUT2D eigenvalue weighted by Crippen LogP contribution is 2.35. The molecule has 1 fully saturated rings. The number of imide groups is 1. The molecule has 1 unspecified atom stereocenters. The average molecular weight is 416 g/mol. The second kappa shape index (κ2) is 7.12. The van der Waals surface area contributed by atoms with Gasteiger partial charge in [0, 0.05) is 49.1 Å². The standard InChI is InChI=1S/C22H20N6O3/c1-12-25-19(20(27(12)2)15-8-23-11-24-9-15)13-3-4-16-14(7-13)10-28(22(16)31)17-5-6-18(29)26-21(17)30/h3-4,7-9,11,17H,5-6,10H2,1-2H3,(H,26,29,30). The summed E-state index contributed by atoms with van der Waals surface area (Å²) in [5, 5.41) is 2.33. The fourth-order valence-electron chi connectivity index (χ4n) is 4.29. The number of aromatic nitrogens is 4. The van der Waals surface area contributed by atoms with Crippen LogP contribution in [-0.4, -0.2) is 48.2 Å². The van der Waals surface area contributed by atoms with Gasteiger partial charge in [0.05, 0.1) is 11.4 Å². The zero-order chi connectivity index (χ0) is 21.7. The number of carbonyl (C=O) groups excluding carboxylic acids is 3. The summed E-state index contributed by atoms with van der Waals surface area (Å²) in [4.78, 5) is 51.2. The molecule has 3 aromatic rings. The van der Waals surface area contributed by atoms with Crippen molar-refractivity contribution in [3.63, 3.8) is 0 Å². The van der Waals surface area contributed by atoms with E-state index in [1.165, 1.54) is 6.33 Å². The second-order valence-electron chi connectivity index (χ2n) is 7.81. The van der Waals surface area contributed by atoms with Crippen molar-refractivity contribution in [3.05, 3.63) is 53.9 Å². The van der Waals surface area contributed by atoms with Crippen LogP contribution in [0.25, 0.3) is 22.5 Å². The van der Waals surface area contributed by atoms with Gasteiger partial charge in [-0.3, -0.25) is 19.7 Å². The Balaban J connectivity index is 1.52. The van der Waals surface area contributed by atoms with E-state index in [4.69, 9.17) is 4.98 Å². The van der Waals surface area contributed by atoms with Crippen LogP contribution in [0.15, 0.2) is 36.9 Å². The molecule has 2 aromatic heterocycles. The van der Waals surface area contributed by atoms with Crippen molar-refractivity contribution in [2.24, 2.45) is 7.05 Å². The molecule has 2 aliphatic rings. The monoisotopic (exact) mass is 416 g/mol. The van der Waals surface area contributed by atoms with Crippen molar-refractivity contribution in [1.82, 2.24) is 29.7 Å². The van der Waals surface area contributed by atoms with Crippen molar-refractivity contribution in [2.45, 2.75) is 32.4 Å². The third-order valence-electron chi connectivity index (χ3n) is 5.95. The van der Waals surface area contributed by atoms with E-state index in [9.17, 15) is 14.4 Å². The number of nitrogens with one attached hydrogen (secondary N) is 1. The number of rotatable bonds is 3. The fourth-order valence-corrected chi connectivity index (χ4v) is 4.29. The normalized spacial score (nSPS) is 18.3. The highest BCUT2D eigenvalue weighted by atomic mass is 16.2. The highest BCUT2D eigenvalue weighted by molar-refractivity contribution is 6.05. The Morgan fingerprint density at radius 3 is 2.61 bits per heavy atom. The summed E-state index contributed by atoms with van der Waals surface area (Å²) in [5.41, 5.74) is 4.81. The quantitative estimate of drug-likeness (QED) is 0.650. The molecule has 3 amide bonds. The van der Waals surface area contributed by atoms with E-state index < -0.39 is 11.9 Å². The van der Waals surface area contributed by atoms with E-state index in [-0.39, 0.29) is 18.2 Å². The first kappa shape index (κ1) is 19.1. The van der Waals surface area contributed by atoms with Crippen LogP contribution < -0.4 is 5.32 Å². The number of piperidine rings is 1. The van der Waals surface area contributed by atoms with Gasteiger partial charge in [0.1, 0.15) is 18.2 Å². The molecular weight excluding hydrogens is 396 g/mol. The Bertz CT molecular complexity index is 1230. The Morgan fingerprint density at radius 1 is 1.10 bits per heavy atom. The summed E-state index contributed by atoms with van der Waals surface area (Å²) >= 11 is 0. The lowest BCUT2D eigenvalue weighted by atomic mass is 10.0. The lowest BCUT2D eigenvalue weighted by Gasteiger charge is -2.29. The SMILES string of the molecule is Cc1nc(-c2ccc3c(c2)CN(C2CCC(=O)NC2=O)C3=O)c(-c2cncnc2)n1C. The van der Waals surface area contributed by atoms with Gasteiger partial charge in [-0.2, -0.15) is 0 Å². The van der Waals surface area contributed by atoms with Crippen LogP contribution in [0, 0.1) is 6.92 Å². The van der Waals surface area contributed by atoms with Gasteiger partial charge in [0.2, 0.25) is 11.8 Å². The molecule has 156 valence electrons. The maximum atomic E-state index is 12.9. The average Bonchev–Trinajstić information content (AvgIpc) is 3.25. The molecule has 31 heavy (non-hydrogen) atoms. The van der Waals surface area contributed by atoms with Gasteiger partial charge in [-0.15, -0.1) is 0 Å². The molecule has 9 heteroatoms. The minimum absolute atomic E-state index is 0.190. The first-order chi connectivity index (χ1) is 14.9. The minimum Gasteiger partial charge on any atom is -0.331 e. The summed E-state index contributed by atoms with van der Waals surface area (Å²) in [6.45, 7) is 2.25. The predicted octanol–water partition coefficient (Wildman–Crippen LogP) is 1.61. The van der Waals surface area contributed by atoms with E-state index in [0.29, 0.717) is 18.5 Å². The van der Waals surface area contributed by atoms with Crippen molar-refractivity contribution in [3.8, 4) is 22.5 Å². The number of carbonyl (C=O) groups is 3. The van der Waals surface area contributed by atoms with Gasteiger partial charge in [0.15, 0.2) is 0 Å². The van der Waals surface area contributed by atoms with Crippen LogP contribution in [0.1, 0.15) is 34.6 Å². The summed E-state index contributed by atoms with van der Waals surface area (Å²) in [7, 11) is 1.94.